The summed E-state index contributed by atoms with van der Waals surface area (Å²) in [7, 11) is 1.95. The van der Waals surface area contributed by atoms with Gasteiger partial charge in [0, 0.05) is 52.5 Å². The maximum atomic E-state index is 13.7. The lowest BCUT2D eigenvalue weighted by Gasteiger charge is -2.36. The number of pyridine rings is 1. The number of halogens is 1. The Hall–Kier alpha value is -2.67. The van der Waals surface area contributed by atoms with Gasteiger partial charge in [0.2, 0.25) is 5.91 Å². The Kier molecular flexibility index (Phi) is 5.43. The molecule has 1 saturated heterocycles. The van der Waals surface area contributed by atoms with Gasteiger partial charge in [-0.3, -0.25) is 9.69 Å². The number of carbonyl (C=O) groups excluding carboxylic acids is 1. The van der Waals surface area contributed by atoms with Crippen molar-refractivity contribution in [3.8, 4) is 0 Å². The predicted molar refractivity (Wildman–Crippen MR) is 110 cm³/mol. The molecule has 28 heavy (non-hydrogen) atoms. The quantitative estimate of drug-likeness (QED) is 0.813. The van der Waals surface area contributed by atoms with Gasteiger partial charge in [-0.1, -0.05) is 6.07 Å². The summed E-state index contributed by atoms with van der Waals surface area (Å²) in [5.74, 6) is 0.792. The molecule has 1 amide bonds. The fourth-order valence-electron chi connectivity index (χ4n) is 3.95. The maximum Gasteiger partial charge on any atom is 0.241 e. The molecule has 2 aliphatic rings. The van der Waals surface area contributed by atoms with Crippen molar-refractivity contribution < 1.29 is 9.18 Å². The van der Waals surface area contributed by atoms with Crippen LogP contribution in [0.4, 0.5) is 21.6 Å². The monoisotopic (exact) mass is 383 g/mol. The standard InChI is InChI=1S/C21H26FN5O/c1-24-9-4-10-27(18-7-6-17(22)15-19(18)24)21(28)16-25-11-13-26(14-12-25)20-5-2-3-8-23-20/h2-3,5-8,15H,4,9-14,16H2,1H3. The molecule has 0 unspecified atom stereocenters. The first-order valence-corrected chi connectivity index (χ1v) is 9.81. The van der Waals surface area contributed by atoms with Gasteiger partial charge in [-0.25, -0.2) is 9.37 Å². The van der Waals surface area contributed by atoms with Gasteiger partial charge in [0.25, 0.3) is 0 Å². The van der Waals surface area contributed by atoms with E-state index in [2.05, 4.69) is 14.8 Å². The van der Waals surface area contributed by atoms with E-state index < -0.39 is 0 Å². The summed E-state index contributed by atoms with van der Waals surface area (Å²) in [6.45, 7) is 5.22. The Balaban J connectivity index is 1.41. The number of benzene rings is 1. The summed E-state index contributed by atoms with van der Waals surface area (Å²) in [5, 5.41) is 0. The lowest BCUT2D eigenvalue weighted by Crippen LogP contribution is -2.50. The minimum Gasteiger partial charge on any atom is -0.373 e. The Bertz CT molecular complexity index is 823. The summed E-state index contributed by atoms with van der Waals surface area (Å²) in [6, 6.07) is 10.6. The molecule has 148 valence electrons. The van der Waals surface area contributed by atoms with Crippen molar-refractivity contribution in [1.29, 1.82) is 0 Å². The second-order valence-corrected chi connectivity index (χ2v) is 7.40. The third-order valence-corrected chi connectivity index (χ3v) is 5.52. The van der Waals surface area contributed by atoms with E-state index in [0.29, 0.717) is 13.1 Å². The SMILES string of the molecule is CN1CCCN(C(=O)CN2CCN(c3ccccn3)CC2)c2ccc(F)cc21. The van der Waals surface area contributed by atoms with Crippen LogP contribution in [0.25, 0.3) is 0 Å². The lowest BCUT2D eigenvalue weighted by atomic mass is 10.2. The number of nitrogens with zero attached hydrogens (tertiary/aromatic N) is 5. The highest BCUT2D eigenvalue weighted by Gasteiger charge is 2.26. The van der Waals surface area contributed by atoms with Gasteiger partial charge in [-0.05, 0) is 36.8 Å². The highest BCUT2D eigenvalue weighted by Crippen LogP contribution is 2.32. The maximum absolute atomic E-state index is 13.7. The van der Waals surface area contributed by atoms with Crippen LogP contribution in [-0.2, 0) is 4.79 Å². The van der Waals surface area contributed by atoms with Crippen LogP contribution in [0.15, 0.2) is 42.6 Å². The van der Waals surface area contributed by atoms with Gasteiger partial charge < -0.3 is 14.7 Å². The first kappa shape index (κ1) is 18.7. The molecule has 0 saturated carbocycles. The minimum atomic E-state index is -0.273. The molecule has 1 aromatic heterocycles. The van der Waals surface area contributed by atoms with Crippen molar-refractivity contribution in [2.75, 3.05) is 67.6 Å². The summed E-state index contributed by atoms with van der Waals surface area (Å²) in [5.41, 5.74) is 1.59. The van der Waals surface area contributed by atoms with Gasteiger partial charge in [0.05, 0.1) is 17.9 Å². The van der Waals surface area contributed by atoms with E-state index in [4.69, 9.17) is 0 Å². The first-order valence-electron chi connectivity index (χ1n) is 9.81. The Morgan fingerprint density at radius 1 is 1.04 bits per heavy atom. The number of fused-ring (bicyclic) bond motifs is 1. The molecule has 4 rings (SSSR count). The van der Waals surface area contributed by atoms with E-state index in [0.717, 1.165) is 56.3 Å². The van der Waals surface area contributed by atoms with Crippen LogP contribution in [0.1, 0.15) is 6.42 Å². The molecule has 2 aliphatic heterocycles. The number of carbonyl (C=O) groups is 1. The fourth-order valence-corrected chi connectivity index (χ4v) is 3.95. The average molecular weight is 383 g/mol. The third kappa shape index (κ3) is 3.94. The van der Waals surface area contributed by atoms with Gasteiger partial charge >= 0.3 is 0 Å². The van der Waals surface area contributed by atoms with Crippen LogP contribution in [0.5, 0.6) is 0 Å². The zero-order valence-corrected chi connectivity index (χ0v) is 16.2. The number of piperazine rings is 1. The molecule has 0 N–H and O–H groups in total. The highest BCUT2D eigenvalue weighted by atomic mass is 19.1. The summed E-state index contributed by atoms with van der Waals surface area (Å²) < 4.78 is 13.7. The molecule has 1 aromatic carbocycles. The molecular weight excluding hydrogens is 357 g/mol. The highest BCUT2D eigenvalue weighted by molar-refractivity contribution is 5.98. The molecule has 1 fully saturated rings. The zero-order valence-electron chi connectivity index (χ0n) is 16.2. The van der Waals surface area contributed by atoms with E-state index in [1.165, 1.54) is 12.1 Å². The van der Waals surface area contributed by atoms with Crippen molar-refractivity contribution in [3.05, 3.63) is 48.4 Å². The van der Waals surface area contributed by atoms with Crippen molar-refractivity contribution >= 4 is 23.1 Å². The summed E-state index contributed by atoms with van der Waals surface area (Å²) in [6.07, 6.45) is 2.67. The average Bonchev–Trinajstić information content (AvgIpc) is 2.88. The normalized spacial score (nSPS) is 18.0. The van der Waals surface area contributed by atoms with Crippen LogP contribution < -0.4 is 14.7 Å². The molecule has 0 spiro atoms. The van der Waals surface area contributed by atoms with Crippen LogP contribution in [0, 0.1) is 5.82 Å². The topological polar surface area (TPSA) is 42.9 Å². The second kappa shape index (κ2) is 8.14. The molecule has 3 heterocycles. The van der Waals surface area contributed by atoms with E-state index in [9.17, 15) is 9.18 Å². The Labute approximate surface area is 165 Å². The molecule has 0 bridgehead atoms. The number of rotatable bonds is 3. The van der Waals surface area contributed by atoms with Crippen molar-refractivity contribution in [3.63, 3.8) is 0 Å². The third-order valence-electron chi connectivity index (χ3n) is 5.52. The molecule has 0 radical (unpaired) electrons. The van der Waals surface area contributed by atoms with Gasteiger partial charge in [0.1, 0.15) is 11.6 Å². The van der Waals surface area contributed by atoms with Gasteiger partial charge in [-0.2, -0.15) is 0 Å². The number of hydrogen-bond donors (Lipinski definition) is 0. The van der Waals surface area contributed by atoms with E-state index in [1.54, 1.807) is 6.07 Å². The number of anilines is 3. The number of amides is 1. The molecular formula is C21H26FN5O. The van der Waals surface area contributed by atoms with Crippen molar-refractivity contribution in [1.82, 2.24) is 9.88 Å². The molecule has 2 aromatic rings. The summed E-state index contributed by atoms with van der Waals surface area (Å²) in [4.78, 5) is 25.8. The molecule has 6 nitrogen and oxygen atoms in total. The lowest BCUT2D eigenvalue weighted by molar-refractivity contribution is -0.119. The number of aromatic nitrogens is 1. The molecule has 0 aliphatic carbocycles. The Morgan fingerprint density at radius 2 is 1.86 bits per heavy atom. The minimum absolute atomic E-state index is 0.0782. The molecule has 7 heteroatoms. The predicted octanol–water partition coefficient (Wildman–Crippen LogP) is 2.22. The number of hydrogen-bond acceptors (Lipinski definition) is 5. The Morgan fingerprint density at radius 3 is 2.61 bits per heavy atom. The molecule has 0 atom stereocenters. The van der Waals surface area contributed by atoms with Gasteiger partial charge in [-0.15, -0.1) is 0 Å². The van der Waals surface area contributed by atoms with E-state index in [-0.39, 0.29) is 11.7 Å². The van der Waals surface area contributed by atoms with Crippen LogP contribution >= 0.6 is 0 Å². The summed E-state index contributed by atoms with van der Waals surface area (Å²) >= 11 is 0. The van der Waals surface area contributed by atoms with Crippen LogP contribution in [0.2, 0.25) is 0 Å². The van der Waals surface area contributed by atoms with Crippen molar-refractivity contribution in [2.45, 2.75) is 6.42 Å². The van der Waals surface area contributed by atoms with Crippen LogP contribution in [-0.4, -0.2) is 68.7 Å². The van der Waals surface area contributed by atoms with Crippen LogP contribution in [0.3, 0.4) is 0 Å². The zero-order chi connectivity index (χ0) is 19.5. The van der Waals surface area contributed by atoms with Gasteiger partial charge in [0.15, 0.2) is 0 Å². The smallest absolute Gasteiger partial charge is 0.241 e. The fraction of sp³-hybridized carbons (Fsp3) is 0.429. The first-order chi connectivity index (χ1) is 13.6. The largest absolute Gasteiger partial charge is 0.373 e. The van der Waals surface area contributed by atoms with E-state index in [1.807, 2.05) is 41.2 Å². The van der Waals surface area contributed by atoms with Crippen molar-refractivity contribution in [2.24, 2.45) is 0 Å². The van der Waals surface area contributed by atoms with E-state index >= 15 is 0 Å². The second-order valence-electron chi connectivity index (χ2n) is 7.40.